The first-order valence-electron chi connectivity index (χ1n) is 18.7. The molecule has 0 saturated heterocycles. The van der Waals surface area contributed by atoms with Crippen molar-refractivity contribution < 1.29 is 4.57 Å². The van der Waals surface area contributed by atoms with Crippen molar-refractivity contribution in [3.63, 3.8) is 0 Å². The molecule has 0 saturated carbocycles. The Kier molecular flexibility index (Phi) is 8.40. The van der Waals surface area contributed by atoms with Gasteiger partial charge in [-0.15, -0.1) is 0 Å². The molecule has 56 heavy (non-hydrogen) atoms. The molecule has 2 aromatic heterocycles. The lowest BCUT2D eigenvalue weighted by atomic mass is 9.92. The van der Waals surface area contributed by atoms with Crippen molar-refractivity contribution in [1.82, 2.24) is 15.0 Å². The van der Waals surface area contributed by atoms with Gasteiger partial charge in [0.25, 0.3) is 0 Å². The van der Waals surface area contributed by atoms with Gasteiger partial charge in [0.05, 0.1) is 22.4 Å². The Morgan fingerprint density at radius 1 is 0.339 bits per heavy atom. The third-order valence-electron chi connectivity index (χ3n) is 10.6. The zero-order valence-corrected chi connectivity index (χ0v) is 31.2. The summed E-state index contributed by atoms with van der Waals surface area (Å²) < 4.78 is 15.1. The maximum Gasteiger partial charge on any atom is 0.171 e. The summed E-state index contributed by atoms with van der Waals surface area (Å²) in [5, 5.41) is 6.67. The van der Waals surface area contributed by atoms with Gasteiger partial charge in [-0.2, -0.15) is 0 Å². The van der Waals surface area contributed by atoms with Crippen molar-refractivity contribution in [3.05, 3.63) is 206 Å². The van der Waals surface area contributed by atoms with Crippen LogP contribution in [0, 0.1) is 0 Å². The lowest BCUT2D eigenvalue weighted by Crippen LogP contribution is -2.24. The minimum atomic E-state index is -3.12. The number of hydrogen-bond acceptors (Lipinski definition) is 4. The fraction of sp³-hybridized carbons (Fsp3) is 0. The average Bonchev–Trinajstić information content (AvgIpc) is 3.29. The van der Waals surface area contributed by atoms with E-state index in [9.17, 15) is 0 Å². The van der Waals surface area contributed by atoms with Crippen LogP contribution in [0.15, 0.2) is 206 Å². The highest BCUT2D eigenvalue weighted by Crippen LogP contribution is 2.43. The summed E-state index contributed by atoms with van der Waals surface area (Å²) in [5.41, 5.74) is 8.65. The molecule has 0 spiro atoms. The van der Waals surface area contributed by atoms with Crippen LogP contribution in [0.25, 0.3) is 77.6 Å². The minimum Gasteiger partial charge on any atom is -0.309 e. The highest BCUT2D eigenvalue weighted by atomic mass is 31.2. The van der Waals surface area contributed by atoms with E-state index in [2.05, 4.69) is 97.1 Å². The quantitative estimate of drug-likeness (QED) is 0.121. The number of para-hydroxylation sites is 1. The topological polar surface area (TPSA) is 55.7 Å². The number of benzene rings is 8. The van der Waals surface area contributed by atoms with Crippen molar-refractivity contribution >= 4 is 55.6 Å². The number of pyridine rings is 1. The Hall–Kier alpha value is -7.00. The monoisotopic (exact) mass is 735 g/mol. The van der Waals surface area contributed by atoms with Gasteiger partial charge in [0, 0.05) is 54.1 Å². The van der Waals surface area contributed by atoms with Crippen LogP contribution < -0.4 is 15.9 Å². The average molecular weight is 736 g/mol. The Morgan fingerprint density at radius 3 is 1.54 bits per heavy atom. The third kappa shape index (κ3) is 5.80. The summed E-state index contributed by atoms with van der Waals surface area (Å²) in [6.07, 6.45) is 0. The maximum absolute atomic E-state index is 15.1. The number of hydrogen-bond donors (Lipinski definition) is 0. The first kappa shape index (κ1) is 33.6. The minimum absolute atomic E-state index is 0.614. The lowest BCUT2D eigenvalue weighted by Gasteiger charge is -2.20. The van der Waals surface area contributed by atoms with Gasteiger partial charge < -0.3 is 4.57 Å². The molecule has 0 unspecified atom stereocenters. The Balaban J connectivity index is 1.14. The molecular weight excluding hydrogens is 702 g/mol. The van der Waals surface area contributed by atoms with E-state index in [-0.39, 0.29) is 0 Å². The molecule has 0 aliphatic rings. The summed E-state index contributed by atoms with van der Waals surface area (Å²) in [6.45, 7) is 0. The molecule has 2 heterocycles. The predicted octanol–water partition coefficient (Wildman–Crippen LogP) is 11.6. The molecular formula is C51H34N3OP. The normalized spacial score (nSPS) is 11.6. The van der Waals surface area contributed by atoms with Crippen molar-refractivity contribution in [3.8, 4) is 45.0 Å². The summed E-state index contributed by atoms with van der Waals surface area (Å²) in [6, 6.07) is 69.5. The molecule has 0 radical (unpaired) electrons. The zero-order valence-electron chi connectivity index (χ0n) is 30.3. The number of fused-ring (bicyclic) bond motifs is 4. The smallest absolute Gasteiger partial charge is 0.171 e. The van der Waals surface area contributed by atoms with Gasteiger partial charge in [0.2, 0.25) is 0 Å². The van der Waals surface area contributed by atoms with Crippen LogP contribution in [-0.4, -0.2) is 15.0 Å². The molecule has 0 aliphatic heterocycles. The molecule has 0 amide bonds. The molecule has 10 rings (SSSR count). The first-order chi connectivity index (χ1) is 27.6. The van der Waals surface area contributed by atoms with Crippen molar-refractivity contribution in [2.75, 3.05) is 0 Å². The third-order valence-corrected chi connectivity index (χ3v) is 13.6. The predicted molar refractivity (Wildman–Crippen MR) is 233 cm³/mol. The first-order valence-corrected chi connectivity index (χ1v) is 20.4. The summed E-state index contributed by atoms with van der Waals surface area (Å²) in [5.74, 6) is 0.614. The Morgan fingerprint density at radius 2 is 0.857 bits per heavy atom. The largest absolute Gasteiger partial charge is 0.309 e. The van der Waals surface area contributed by atoms with Crippen LogP contribution in [0.5, 0.6) is 0 Å². The SMILES string of the molecule is O=P(c1ccccc1)(c1ccccc1)c1ccc(-c2nc(-c3ccc4c(c3)nc(-c3ccccc3)c3cccc(-c5ccccc5)c34)nc3ccccc23)cc1. The van der Waals surface area contributed by atoms with E-state index in [1.807, 2.05) is 109 Å². The van der Waals surface area contributed by atoms with Crippen molar-refractivity contribution in [2.24, 2.45) is 0 Å². The van der Waals surface area contributed by atoms with Crippen LogP contribution in [-0.2, 0) is 4.57 Å². The molecule has 10 aromatic rings. The van der Waals surface area contributed by atoms with E-state index in [1.54, 1.807) is 0 Å². The van der Waals surface area contributed by atoms with Gasteiger partial charge in [-0.1, -0.05) is 194 Å². The molecule has 5 heteroatoms. The van der Waals surface area contributed by atoms with Gasteiger partial charge in [-0.3, -0.25) is 0 Å². The highest BCUT2D eigenvalue weighted by Gasteiger charge is 2.29. The van der Waals surface area contributed by atoms with E-state index < -0.39 is 7.14 Å². The van der Waals surface area contributed by atoms with Gasteiger partial charge in [0.1, 0.15) is 0 Å². The fourth-order valence-electron chi connectivity index (χ4n) is 7.85. The zero-order chi connectivity index (χ0) is 37.5. The second kappa shape index (κ2) is 14.0. The van der Waals surface area contributed by atoms with E-state index in [0.29, 0.717) is 5.82 Å². The summed E-state index contributed by atoms with van der Waals surface area (Å²) in [7, 11) is -3.12. The van der Waals surface area contributed by atoms with E-state index >= 15 is 4.57 Å². The van der Waals surface area contributed by atoms with E-state index in [4.69, 9.17) is 15.0 Å². The molecule has 0 fully saturated rings. The standard InChI is InChI=1S/C51H34N3OP/c55-56(39-20-9-3-10-21-39,40-22-11-4-12-23-40)41-31-28-37(29-32-41)49-44-24-13-14-27-46(44)53-51(54-49)38-30-33-43-47(34-38)52-50(36-18-7-2-8-19-36)45-26-15-25-42(48(43)45)35-16-5-1-6-17-35/h1-34H. The Labute approximate surface area is 325 Å². The molecule has 0 aliphatic carbocycles. The van der Waals surface area contributed by atoms with Gasteiger partial charge >= 0.3 is 0 Å². The van der Waals surface area contributed by atoms with Crippen LogP contribution in [0.1, 0.15) is 0 Å². The lowest BCUT2D eigenvalue weighted by molar-refractivity contribution is 0.592. The second-order valence-corrected chi connectivity index (χ2v) is 16.7. The molecule has 0 atom stereocenters. The van der Waals surface area contributed by atoms with Crippen molar-refractivity contribution in [1.29, 1.82) is 0 Å². The van der Waals surface area contributed by atoms with E-state index in [1.165, 1.54) is 0 Å². The van der Waals surface area contributed by atoms with E-state index in [0.717, 1.165) is 87.7 Å². The summed E-state index contributed by atoms with van der Waals surface area (Å²) in [4.78, 5) is 15.7. The fourth-order valence-corrected chi connectivity index (χ4v) is 10.5. The highest BCUT2D eigenvalue weighted by molar-refractivity contribution is 7.85. The number of nitrogens with zero attached hydrogens (tertiary/aromatic N) is 3. The van der Waals surface area contributed by atoms with Gasteiger partial charge in [-0.05, 0) is 23.3 Å². The molecule has 264 valence electrons. The maximum atomic E-state index is 15.1. The molecule has 4 nitrogen and oxygen atoms in total. The summed E-state index contributed by atoms with van der Waals surface area (Å²) >= 11 is 0. The van der Waals surface area contributed by atoms with Crippen LogP contribution in [0.3, 0.4) is 0 Å². The molecule has 8 aromatic carbocycles. The van der Waals surface area contributed by atoms with Crippen LogP contribution in [0.2, 0.25) is 0 Å². The number of aromatic nitrogens is 3. The van der Waals surface area contributed by atoms with Crippen molar-refractivity contribution in [2.45, 2.75) is 0 Å². The van der Waals surface area contributed by atoms with Gasteiger partial charge in [0.15, 0.2) is 13.0 Å². The molecule has 0 N–H and O–H groups in total. The molecule has 0 bridgehead atoms. The van der Waals surface area contributed by atoms with Crippen LogP contribution >= 0.6 is 7.14 Å². The van der Waals surface area contributed by atoms with Gasteiger partial charge in [-0.25, -0.2) is 15.0 Å². The second-order valence-electron chi connectivity index (χ2n) is 13.9. The number of rotatable bonds is 7. The Bertz CT molecular complexity index is 3040. The van der Waals surface area contributed by atoms with Crippen LogP contribution in [0.4, 0.5) is 0 Å².